The Balaban J connectivity index is 1.88. The first-order valence-electron chi connectivity index (χ1n) is 6.69. The molecule has 0 radical (unpaired) electrons. The lowest BCUT2D eigenvalue weighted by atomic mass is 10.2. The molecule has 0 amide bonds. The van der Waals surface area contributed by atoms with E-state index in [1.807, 2.05) is 28.8 Å². The molecular weight excluding hydrogens is 350 g/mol. The highest BCUT2D eigenvalue weighted by Crippen LogP contribution is 2.27. The van der Waals surface area contributed by atoms with Crippen LogP contribution in [0.4, 0.5) is 5.82 Å². The molecule has 0 fully saturated rings. The highest BCUT2D eigenvalue weighted by Gasteiger charge is 2.10. The molecule has 3 aromatic rings. The van der Waals surface area contributed by atoms with Crippen molar-refractivity contribution in [1.82, 2.24) is 14.5 Å². The third-order valence-electron chi connectivity index (χ3n) is 3.02. The van der Waals surface area contributed by atoms with Crippen LogP contribution in [0.3, 0.4) is 0 Å². The summed E-state index contributed by atoms with van der Waals surface area (Å²) in [6, 6.07) is 7.39. The molecule has 1 N–H and O–H groups in total. The summed E-state index contributed by atoms with van der Waals surface area (Å²) in [7, 11) is 0. The van der Waals surface area contributed by atoms with E-state index in [2.05, 4.69) is 27.1 Å². The molecule has 0 aliphatic carbocycles. The van der Waals surface area contributed by atoms with Crippen molar-refractivity contribution in [3.63, 3.8) is 0 Å². The minimum absolute atomic E-state index is 0.614. The SMILES string of the molecule is C=CCn1c(=S)sc2c(N/N=C/c3ccc(Cl)cc3)ncnc21. The molecule has 8 heteroatoms. The quantitative estimate of drug-likeness (QED) is 0.314. The van der Waals surface area contributed by atoms with Gasteiger partial charge in [-0.3, -0.25) is 5.43 Å². The molecule has 116 valence electrons. The van der Waals surface area contributed by atoms with Crippen LogP contribution in [0.5, 0.6) is 0 Å². The summed E-state index contributed by atoms with van der Waals surface area (Å²) in [5.41, 5.74) is 4.65. The second-order valence-electron chi connectivity index (χ2n) is 4.56. The van der Waals surface area contributed by atoms with Gasteiger partial charge in [0.15, 0.2) is 15.4 Å². The molecule has 0 atom stereocenters. The van der Waals surface area contributed by atoms with Gasteiger partial charge in [-0.2, -0.15) is 5.10 Å². The number of nitrogens with zero attached hydrogens (tertiary/aromatic N) is 4. The highest BCUT2D eigenvalue weighted by molar-refractivity contribution is 7.73. The third kappa shape index (κ3) is 3.47. The van der Waals surface area contributed by atoms with Crippen LogP contribution < -0.4 is 5.43 Å². The smallest absolute Gasteiger partial charge is 0.169 e. The van der Waals surface area contributed by atoms with E-state index in [0.717, 1.165) is 19.9 Å². The number of fused-ring (bicyclic) bond motifs is 1. The zero-order chi connectivity index (χ0) is 16.2. The molecule has 0 saturated carbocycles. The van der Waals surface area contributed by atoms with E-state index in [-0.39, 0.29) is 0 Å². The van der Waals surface area contributed by atoms with E-state index >= 15 is 0 Å². The average molecular weight is 362 g/mol. The Morgan fingerprint density at radius 1 is 1.35 bits per heavy atom. The van der Waals surface area contributed by atoms with E-state index in [1.54, 1.807) is 12.3 Å². The molecular formula is C15H12ClN5S2. The van der Waals surface area contributed by atoms with Crippen molar-refractivity contribution in [2.75, 3.05) is 5.43 Å². The Kier molecular flexibility index (Phi) is 4.80. The van der Waals surface area contributed by atoms with Crippen molar-refractivity contribution >= 4 is 57.5 Å². The number of allylic oxidation sites excluding steroid dienone is 1. The predicted molar refractivity (Wildman–Crippen MR) is 99.1 cm³/mol. The largest absolute Gasteiger partial charge is 0.304 e. The van der Waals surface area contributed by atoms with Gasteiger partial charge in [0.25, 0.3) is 0 Å². The highest BCUT2D eigenvalue weighted by atomic mass is 35.5. The molecule has 0 aliphatic heterocycles. The fraction of sp³-hybridized carbons (Fsp3) is 0.0667. The molecule has 23 heavy (non-hydrogen) atoms. The Bertz CT molecular complexity index is 927. The fourth-order valence-corrected chi connectivity index (χ4v) is 3.40. The van der Waals surface area contributed by atoms with Crippen LogP contribution in [0.1, 0.15) is 5.56 Å². The molecule has 2 aromatic heterocycles. The lowest BCUT2D eigenvalue weighted by Gasteiger charge is -2.02. The van der Waals surface area contributed by atoms with Crippen LogP contribution in [0.15, 0.2) is 48.3 Å². The van der Waals surface area contributed by atoms with E-state index in [0.29, 0.717) is 17.4 Å². The number of rotatable bonds is 5. The molecule has 0 aliphatic rings. The number of thiazole rings is 1. The summed E-state index contributed by atoms with van der Waals surface area (Å²) in [4.78, 5) is 8.53. The summed E-state index contributed by atoms with van der Waals surface area (Å²) in [5.74, 6) is 0.624. The lowest BCUT2D eigenvalue weighted by molar-refractivity contribution is 0.845. The zero-order valence-electron chi connectivity index (χ0n) is 11.9. The van der Waals surface area contributed by atoms with Gasteiger partial charge in [-0.15, -0.1) is 6.58 Å². The Hall–Kier alpha value is -2.09. The number of hydrogen-bond acceptors (Lipinski definition) is 6. The predicted octanol–water partition coefficient (Wildman–Crippen LogP) is 4.51. The molecule has 1 aromatic carbocycles. The lowest BCUT2D eigenvalue weighted by Crippen LogP contribution is -1.99. The van der Waals surface area contributed by atoms with Crippen LogP contribution in [-0.2, 0) is 6.54 Å². The topological polar surface area (TPSA) is 55.1 Å². The summed E-state index contributed by atoms with van der Waals surface area (Å²) in [5, 5.41) is 4.90. The number of halogens is 1. The van der Waals surface area contributed by atoms with Crippen molar-refractivity contribution in [2.45, 2.75) is 6.54 Å². The van der Waals surface area contributed by atoms with Crippen LogP contribution in [0, 0.1) is 3.95 Å². The summed E-state index contributed by atoms with van der Waals surface area (Å²) < 4.78 is 3.51. The summed E-state index contributed by atoms with van der Waals surface area (Å²) in [6.07, 6.45) is 4.98. The van der Waals surface area contributed by atoms with Gasteiger partial charge in [0.2, 0.25) is 0 Å². The maximum absolute atomic E-state index is 5.85. The minimum atomic E-state index is 0.614. The third-order valence-corrected chi connectivity index (χ3v) is 4.71. The number of benzene rings is 1. The Labute approximate surface area is 147 Å². The Morgan fingerprint density at radius 3 is 2.87 bits per heavy atom. The van der Waals surface area contributed by atoms with Gasteiger partial charge >= 0.3 is 0 Å². The number of hydrazone groups is 1. The van der Waals surface area contributed by atoms with E-state index < -0.39 is 0 Å². The van der Waals surface area contributed by atoms with Crippen LogP contribution in [-0.4, -0.2) is 20.7 Å². The molecule has 0 unspecified atom stereocenters. The molecule has 2 heterocycles. The first-order chi connectivity index (χ1) is 11.2. The maximum Gasteiger partial charge on any atom is 0.169 e. The Morgan fingerprint density at radius 2 is 2.13 bits per heavy atom. The van der Waals surface area contributed by atoms with Crippen LogP contribution in [0.25, 0.3) is 10.3 Å². The first kappa shape index (κ1) is 15.8. The van der Waals surface area contributed by atoms with Crippen LogP contribution >= 0.6 is 35.2 Å². The monoisotopic (exact) mass is 361 g/mol. The molecule has 5 nitrogen and oxygen atoms in total. The van der Waals surface area contributed by atoms with Crippen LogP contribution in [0.2, 0.25) is 5.02 Å². The van der Waals surface area contributed by atoms with E-state index in [4.69, 9.17) is 23.8 Å². The van der Waals surface area contributed by atoms with Crippen molar-refractivity contribution < 1.29 is 0 Å². The number of aromatic nitrogens is 3. The van der Waals surface area contributed by atoms with Crippen molar-refractivity contribution in [3.8, 4) is 0 Å². The second kappa shape index (κ2) is 6.99. The standard InChI is InChI=1S/C15H12ClN5S2/c1-2-7-21-14-12(23-15(21)22)13(17-9-18-14)20-19-8-10-3-5-11(16)6-4-10/h2-6,8-9H,1,7H2,(H,17,18,20)/b19-8+. The normalized spacial score (nSPS) is 11.2. The van der Waals surface area contributed by atoms with Crippen molar-refractivity contribution in [1.29, 1.82) is 0 Å². The summed E-state index contributed by atoms with van der Waals surface area (Å²) >= 11 is 12.7. The molecule has 0 bridgehead atoms. The molecule has 0 spiro atoms. The number of nitrogens with one attached hydrogen (secondary N) is 1. The van der Waals surface area contributed by atoms with Gasteiger partial charge in [-0.05, 0) is 29.9 Å². The first-order valence-corrected chi connectivity index (χ1v) is 8.29. The van der Waals surface area contributed by atoms with Gasteiger partial charge in [-0.25, -0.2) is 9.97 Å². The number of hydrogen-bond donors (Lipinski definition) is 1. The van der Waals surface area contributed by atoms with Crippen molar-refractivity contribution in [3.05, 3.63) is 57.8 Å². The minimum Gasteiger partial charge on any atom is -0.304 e. The van der Waals surface area contributed by atoms with Gasteiger partial charge in [0.1, 0.15) is 11.0 Å². The van der Waals surface area contributed by atoms with E-state index in [9.17, 15) is 0 Å². The second-order valence-corrected chi connectivity index (χ2v) is 6.64. The van der Waals surface area contributed by atoms with Gasteiger partial charge in [0, 0.05) is 11.6 Å². The van der Waals surface area contributed by atoms with Crippen molar-refractivity contribution in [2.24, 2.45) is 5.10 Å². The van der Waals surface area contributed by atoms with Gasteiger partial charge < -0.3 is 4.57 Å². The fourth-order valence-electron chi connectivity index (χ4n) is 1.97. The summed E-state index contributed by atoms with van der Waals surface area (Å²) in [6.45, 7) is 4.36. The van der Waals surface area contributed by atoms with Gasteiger partial charge in [0.05, 0.1) is 6.21 Å². The average Bonchev–Trinajstić information content (AvgIpc) is 2.87. The van der Waals surface area contributed by atoms with E-state index in [1.165, 1.54) is 17.7 Å². The molecule has 0 saturated heterocycles. The molecule has 3 rings (SSSR count). The number of anilines is 1. The zero-order valence-corrected chi connectivity index (χ0v) is 14.3. The van der Waals surface area contributed by atoms with Gasteiger partial charge in [-0.1, -0.05) is 41.1 Å². The maximum atomic E-state index is 5.85.